The maximum absolute atomic E-state index is 13.8. The average Bonchev–Trinajstić information content (AvgIpc) is 2.58. The zero-order valence-corrected chi connectivity index (χ0v) is 10.5. The summed E-state index contributed by atoms with van der Waals surface area (Å²) in [6.07, 6.45) is 3.91. The Bertz CT molecular complexity index is 583. The highest BCUT2D eigenvalue weighted by Crippen LogP contribution is 2.37. The van der Waals surface area contributed by atoms with Gasteiger partial charge in [-0.15, -0.1) is 0 Å². The van der Waals surface area contributed by atoms with Crippen molar-refractivity contribution in [2.75, 3.05) is 14.1 Å². The molecule has 1 fully saturated rings. The Kier molecular flexibility index (Phi) is 2.63. The van der Waals surface area contributed by atoms with Gasteiger partial charge in [0.1, 0.15) is 11.6 Å². The molecule has 0 radical (unpaired) electrons. The molecule has 0 unspecified atom stereocenters. The van der Waals surface area contributed by atoms with Gasteiger partial charge in [-0.2, -0.15) is 0 Å². The van der Waals surface area contributed by atoms with Crippen molar-refractivity contribution in [1.82, 2.24) is 9.47 Å². The monoisotopic (exact) mass is 250 g/mol. The van der Waals surface area contributed by atoms with Gasteiger partial charge in [-0.05, 0) is 39.1 Å². The van der Waals surface area contributed by atoms with E-state index in [9.17, 15) is 8.78 Å². The minimum absolute atomic E-state index is 0.329. The number of hydrogen-bond acceptors (Lipinski definition) is 1. The van der Waals surface area contributed by atoms with Crippen LogP contribution < -0.4 is 0 Å². The summed E-state index contributed by atoms with van der Waals surface area (Å²) in [6.45, 7) is 0. The molecule has 3 rings (SSSR count). The van der Waals surface area contributed by atoms with Crippen LogP contribution in [0.5, 0.6) is 0 Å². The fourth-order valence-corrected chi connectivity index (χ4v) is 2.73. The Balaban J connectivity index is 1.95. The van der Waals surface area contributed by atoms with E-state index in [2.05, 4.69) is 19.0 Å². The highest BCUT2D eigenvalue weighted by atomic mass is 19.1. The predicted molar refractivity (Wildman–Crippen MR) is 67.6 cm³/mol. The number of nitrogens with zero attached hydrogens (tertiary/aromatic N) is 2. The van der Waals surface area contributed by atoms with E-state index < -0.39 is 11.6 Å². The average molecular weight is 250 g/mol. The number of fused-ring (bicyclic) bond motifs is 1. The minimum atomic E-state index is -0.516. The van der Waals surface area contributed by atoms with Gasteiger partial charge >= 0.3 is 0 Å². The first-order valence-electron chi connectivity index (χ1n) is 6.18. The van der Waals surface area contributed by atoms with Gasteiger partial charge < -0.3 is 9.47 Å². The molecule has 1 heterocycles. The third kappa shape index (κ3) is 1.72. The molecule has 0 N–H and O–H groups in total. The van der Waals surface area contributed by atoms with E-state index in [0.29, 0.717) is 23.0 Å². The molecule has 1 aromatic heterocycles. The highest BCUT2D eigenvalue weighted by Gasteiger charge is 2.32. The Morgan fingerprint density at radius 3 is 2.61 bits per heavy atom. The second kappa shape index (κ2) is 4.05. The van der Waals surface area contributed by atoms with E-state index >= 15 is 0 Å². The van der Waals surface area contributed by atoms with Gasteiger partial charge in [-0.1, -0.05) is 0 Å². The lowest BCUT2D eigenvalue weighted by atomic mass is 9.85. The van der Waals surface area contributed by atoms with Crippen molar-refractivity contribution in [3.63, 3.8) is 0 Å². The number of benzene rings is 1. The SMILES string of the molecule is CN(C)C1CC(n2ccc3cc(F)cc(F)c32)C1. The molecular weight excluding hydrogens is 234 g/mol. The molecule has 1 aliphatic carbocycles. The van der Waals surface area contributed by atoms with Crippen molar-refractivity contribution in [2.24, 2.45) is 0 Å². The van der Waals surface area contributed by atoms with Crippen molar-refractivity contribution >= 4 is 10.9 Å². The summed E-state index contributed by atoms with van der Waals surface area (Å²) in [5.41, 5.74) is 0.526. The summed E-state index contributed by atoms with van der Waals surface area (Å²) in [5, 5.41) is 0.640. The molecular formula is C14H16F2N2. The van der Waals surface area contributed by atoms with Gasteiger partial charge in [0.05, 0.1) is 5.52 Å². The van der Waals surface area contributed by atoms with Crippen molar-refractivity contribution in [2.45, 2.75) is 24.9 Å². The molecule has 2 aromatic rings. The van der Waals surface area contributed by atoms with Crippen LogP contribution in [0.25, 0.3) is 10.9 Å². The van der Waals surface area contributed by atoms with Crippen molar-refractivity contribution in [3.8, 4) is 0 Å². The highest BCUT2D eigenvalue weighted by molar-refractivity contribution is 5.81. The second-order valence-corrected chi connectivity index (χ2v) is 5.29. The molecule has 4 heteroatoms. The molecule has 96 valence electrons. The van der Waals surface area contributed by atoms with Crippen LogP contribution in [0.3, 0.4) is 0 Å². The predicted octanol–water partition coefficient (Wildman–Crippen LogP) is 3.18. The largest absolute Gasteiger partial charge is 0.342 e. The van der Waals surface area contributed by atoms with Crippen LogP contribution in [0, 0.1) is 11.6 Å². The molecule has 0 aliphatic heterocycles. The number of hydrogen-bond donors (Lipinski definition) is 0. The van der Waals surface area contributed by atoms with Crippen molar-refractivity contribution in [1.29, 1.82) is 0 Å². The molecule has 0 spiro atoms. The molecule has 0 atom stereocenters. The summed E-state index contributed by atoms with van der Waals surface area (Å²) < 4.78 is 28.9. The Morgan fingerprint density at radius 1 is 1.22 bits per heavy atom. The first-order chi connectivity index (χ1) is 8.56. The maximum atomic E-state index is 13.8. The molecule has 0 bridgehead atoms. The lowest BCUT2D eigenvalue weighted by Gasteiger charge is -2.40. The number of aromatic nitrogens is 1. The molecule has 1 aliphatic rings. The second-order valence-electron chi connectivity index (χ2n) is 5.29. The van der Waals surface area contributed by atoms with Gasteiger partial charge in [-0.25, -0.2) is 8.78 Å². The van der Waals surface area contributed by atoms with Crippen LogP contribution >= 0.6 is 0 Å². The van der Waals surface area contributed by atoms with Crippen LogP contribution in [0.4, 0.5) is 8.78 Å². The lowest BCUT2D eigenvalue weighted by Crippen LogP contribution is -2.41. The molecule has 1 aromatic carbocycles. The molecule has 1 saturated carbocycles. The third-order valence-corrected chi connectivity index (χ3v) is 3.94. The first kappa shape index (κ1) is 11.7. The molecule has 0 saturated heterocycles. The van der Waals surface area contributed by atoms with E-state index in [1.807, 2.05) is 10.8 Å². The normalized spacial score (nSPS) is 23.6. The molecule has 0 amide bonds. The smallest absolute Gasteiger partial charge is 0.150 e. The van der Waals surface area contributed by atoms with E-state index in [1.54, 1.807) is 6.07 Å². The number of rotatable bonds is 2. The zero-order chi connectivity index (χ0) is 12.9. The molecule has 2 nitrogen and oxygen atoms in total. The van der Waals surface area contributed by atoms with Crippen LogP contribution in [0.15, 0.2) is 24.4 Å². The quantitative estimate of drug-likeness (QED) is 0.794. The Labute approximate surface area is 105 Å². The summed E-state index contributed by atoms with van der Waals surface area (Å²) in [4.78, 5) is 2.19. The van der Waals surface area contributed by atoms with Crippen LogP contribution in [-0.4, -0.2) is 29.6 Å². The fraction of sp³-hybridized carbons (Fsp3) is 0.429. The van der Waals surface area contributed by atoms with Gasteiger partial charge in [0.25, 0.3) is 0 Å². The van der Waals surface area contributed by atoms with Crippen molar-refractivity contribution in [3.05, 3.63) is 36.0 Å². The van der Waals surface area contributed by atoms with Crippen LogP contribution in [0.2, 0.25) is 0 Å². The Morgan fingerprint density at radius 2 is 1.94 bits per heavy atom. The minimum Gasteiger partial charge on any atom is -0.342 e. The van der Waals surface area contributed by atoms with Crippen LogP contribution in [0.1, 0.15) is 18.9 Å². The van der Waals surface area contributed by atoms with Gasteiger partial charge in [0.2, 0.25) is 0 Å². The van der Waals surface area contributed by atoms with Crippen LogP contribution in [-0.2, 0) is 0 Å². The summed E-state index contributed by atoms with van der Waals surface area (Å²) >= 11 is 0. The van der Waals surface area contributed by atoms with E-state index in [4.69, 9.17) is 0 Å². The summed E-state index contributed by atoms with van der Waals surface area (Å²) in [6, 6.07) is 5.02. The zero-order valence-electron chi connectivity index (χ0n) is 10.5. The lowest BCUT2D eigenvalue weighted by molar-refractivity contribution is 0.131. The summed E-state index contributed by atoms with van der Waals surface area (Å²) in [5.74, 6) is -0.985. The van der Waals surface area contributed by atoms with Crippen molar-refractivity contribution < 1.29 is 8.78 Å². The first-order valence-corrected chi connectivity index (χ1v) is 6.18. The van der Waals surface area contributed by atoms with Gasteiger partial charge in [0, 0.05) is 29.7 Å². The Hall–Kier alpha value is -1.42. The standard InChI is InChI=1S/C14H16F2N2/c1-17(2)11-7-12(8-11)18-4-3-9-5-10(15)6-13(16)14(9)18/h3-6,11-12H,7-8H2,1-2H3. The maximum Gasteiger partial charge on any atom is 0.150 e. The van der Waals surface area contributed by atoms with Gasteiger partial charge in [0.15, 0.2) is 0 Å². The van der Waals surface area contributed by atoms with E-state index in [1.165, 1.54) is 6.07 Å². The van der Waals surface area contributed by atoms with E-state index in [-0.39, 0.29) is 0 Å². The molecule has 18 heavy (non-hydrogen) atoms. The van der Waals surface area contributed by atoms with E-state index in [0.717, 1.165) is 18.9 Å². The van der Waals surface area contributed by atoms with Gasteiger partial charge in [-0.3, -0.25) is 0 Å². The summed E-state index contributed by atoms with van der Waals surface area (Å²) in [7, 11) is 4.12. The topological polar surface area (TPSA) is 8.17 Å². The fourth-order valence-electron chi connectivity index (χ4n) is 2.73. The third-order valence-electron chi connectivity index (χ3n) is 3.94. The number of halogens is 2.